The van der Waals surface area contributed by atoms with Gasteiger partial charge in [-0.2, -0.15) is 0 Å². The van der Waals surface area contributed by atoms with Crippen molar-refractivity contribution in [1.82, 2.24) is 10.2 Å². The maximum Gasteiger partial charge on any atom is 0.224 e. The Kier molecular flexibility index (Phi) is 4.95. The third-order valence-electron chi connectivity index (χ3n) is 6.26. The van der Waals surface area contributed by atoms with Crippen LogP contribution in [0.25, 0.3) is 0 Å². The summed E-state index contributed by atoms with van der Waals surface area (Å²) in [7, 11) is 0. The number of carbonyl (C=O) groups is 1. The molecule has 4 unspecified atom stereocenters. The van der Waals surface area contributed by atoms with Crippen molar-refractivity contribution in [1.29, 1.82) is 0 Å². The monoisotopic (exact) mass is 390 g/mol. The highest BCUT2D eigenvalue weighted by Crippen LogP contribution is 2.44. The minimum absolute atomic E-state index is 0.174. The quantitative estimate of drug-likeness (QED) is 0.843. The van der Waals surface area contributed by atoms with E-state index in [2.05, 4.69) is 50.4 Å². The number of piperidine rings is 1. The van der Waals surface area contributed by atoms with Gasteiger partial charge in [0.15, 0.2) is 0 Å². The SMILES string of the molecule is O=C(NC1CC2CCC1C2)C1CCCN(Cc2ccc(Br)cc2)C1. The number of nitrogens with zero attached hydrogens (tertiary/aromatic N) is 1. The van der Waals surface area contributed by atoms with Crippen molar-refractivity contribution in [3.8, 4) is 0 Å². The van der Waals surface area contributed by atoms with Gasteiger partial charge in [-0.15, -0.1) is 0 Å². The van der Waals surface area contributed by atoms with Crippen molar-refractivity contribution in [2.75, 3.05) is 13.1 Å². The lowest BCUT2D eigenvalue weighted by atomic mass is 9.92. The Bertz CT molecular complexity index is 588. The Hall–Kier alpha value is -0.870. The normalized spacial score (nSPS) is 32.9. The van der Waals surface area contributed by atoms with Gasteiger partial charge in [0.1, 0.15) is 0 Å². The van der Waals surface area contributed by atoms with E-state index >= 15 is 0 Å². The van der Waals surface area contributed by atoms with E-state index in [0.29, 0.717) is 11.9 Å². The first-order chi connectivity index (χ1) is 11.7. The molecule has 2 bridgehead atoms. The molecule has 1 saturated heterocycles. The number of halogens is 1. The lowest BCUT2D eigenvalue weighted by Gasteiger charge is -2.33. The number of carbonyl (C=O) groups excluding carboxylic acids is 1. The standard InChI is InChI=1S/C20H27BrN2O/c21-18-7-4-14(5-8-18)12-23-9-1-2-17(13-23)20(24)22-19-11-15-3-6-16(19)10-15/h4-5,7-8,15-17,19H,1-3,6,9-13H2,(H,22,24). The first-order valence-electron chi connectivity index (χ1n) is 9.44. The fourth-order valence-corrected chi connectivity index (χ4v) is 5.25. The van der Waals surface area contributed by atoms with Gasteiger partial charge in [0.25, 0.3) is 0 Å². The van der Waals surface area contributed by atoms with Crippen LogP contribution in [0.2, 0.25) is 0 Å². The molecule has 0 aromatic heterocycles. The number of hydrogen-bond acceptors (Lipinski definition) is 2. The summed E-state index contributed by atoms with van der Waals surface area (Å²) in [6.07, 6.45) is 7.48. The summed E-state index contributed by atoms with van der Waals surface area (Å²) >= 11 is 3.49. The largest absolute Gasteiger partial charge is 0.353 e. The van der Waals surface area contributed by atoms with Gasteiger partial charge in [0, 0.05) is 23.6 Å². The van der Waals surface area contributed by atoms with Gasteiger partial charge in [-0.1, -0.05) is 34.5 Å². The summed E-state index contributed by atoms with van der Waals surface area (Å²) < 4.78 is 1.12. The van der Waals surface area contributed by atoms with E-state index < -0.39 is 0 Å². The fourth-order valence-electron chi connectivity index (χ4n) is 4.98. The zero-order valence-corrected chi connectivity index (χ0v) is 15.8. The maximum absolute atomic E-state index is 12.7. The van der Waals surface area contributed by atoms with Crippen molar-refractivity contribution in [3.63, 3.8) is 0 Å². The van der Waals surface area contributed by atoms with Crippen molar-refractivity contribution in [3.05, 3.63) is 34.3 Å². The van der Waals surface area contributed by atoms with E-state index in [1.54, 1.807) is 0 Å². The first kappa shape index (κ1) is 16.6. The molecule has 3 fully saturated rings. The highest BCUT2D eigenvalue weighted by atomic mass is 79.9. The van der Waals surface area contributed by atoms with Gasteiger partial charge in [-0.3, -0.25) is 9.69 Å². The Morgan fingerprint density at radius 3 is 2.71 bits per heavy atom. The lowest BCUT2D eigenvalue weighted by Crippen LogP contribution is -2.47. The molecule has 0 spiro atoms. The summed E-state index contributed by atoms with van der Waals surface area (Å²) in [5, 5.41) is 3.40. The van der Waals surface area contributed by atoms with Crippen LogP contribution in [0.1, 0.15) is 44.1 Å². The van der Waals surface area contributed by atoms with Crippen LogP contribution in [0.15, 0.2) is 28.7 Å². The minimum Gasteiger partial charge on any atom is -0.353 e. The third kappa shape index (κ3) is 3.70. The number of benzene rings is 1. The number of fused-ring (bicyclic) bond motifs is 2. The topological polar surface area (TPSA) is 32.3 Å². The molecule has 2 saturated carbocycles. The molecule has 1 aromatic carbocycles. The molecule has 24 heavy (non-hydrogen) atoms. The van der Waals surface area contributed by atoms with Crippen molar-refractivity contribution in [2.24, 2.45) is 17.8 Å². The molecule has 1 amide bonds. The van der Waals surface area contributed by atoms with Crippen molar-refractivity contribution < 1.29 is 4.79 Å². The molecule has 4 atom stereocenters. The molecule has 1 aliphatic heterocycles. The van der Waals surface area contributed by atoms with Crippen LogP contribution in [-0.2, 0) is 11.3 Å². The summed E-state index contributed by atoms with van der Waals surface area (Å²) in [6, 6.07) is 9.00. The maximum atomic E-state index is 12.7. The molecule has 3 aliphatic rings. The summed E-state index contributed by atoms with van der Waals surface area (Å²) in [6.45, 7) is 2.96. The summed E-state index contributed by atoms with van der Waals surface area (Å²) in [5.74, 6) is 2.14. The van der Waals surface area contributed by atoms with Crippen LogP contribution >= 0.6 is 15.9 Å². The molecule has 2 aliphatic carbocycles. The molecule has 130 valence electrons. The van der Waals surface area contributed by atoms with E-state index in [4.69, 9.17) is 0 Å². The first-order valence-corrected chi connectivity index (χ1v) is 10.2. The van der Waals surface area contributed by atoms with Crippen LogP contribution in [-0.4, -0.2) is 29.9 Å². The molecular weight excluding hydrogens is 364 g/mol. The van der Waals surface area contributed by atoms with Gasteiger partial charge in [-0.25, -0.2) is 0 Å². The molecule has 4 rings (SSSR count). The molecule has 0 radical (unpaired) electrons. The second-order valence-corrected chi connectivity index (χ2v) is 8.91. The van der Waals surface area contributed by atoms with Gasteiger partial charge in [-0.05, 0) is 68.2 Å². The smallest absolute Gasteiger partial charge is 0.224 e. The van der Waals surface area contributed by atoms with Gasteiger partial charge >= 0.3 is 0 Å². The van der Waals surface area contributed by atoms with Crippen LogP contribution in [0.4, 0.5) is 0 Å². The third-order valence-corrected chi connectivity index (χ3v) is 6.79. The second kappa shape index (κ2) is 7.17. The molecule has 3 nitrogen and oxygen atoms in total. The van der Waals surface area contributed by atoms with Gasteiger partial charge < -0.3 is 5.32 Å². The highest BCUT2D eigenvalue weighted by Gasteiger charge is 2.41. The molecular formula is C20H27BrN2O. The molecule has 4 heteroatoms. The molecule has 1 N–H and O–H groups in total. The summed E-state index contributed by atoms with van der Waals surface area (Å²) in [5.41, 5.74) is 1.33. The van der Waals surface area contributed by atoms with E-state index in [1.807, 2.05) is 0 Å². The van der Waals surface area contributed by atoms with E-state index in [-0.39, 0.29) is 5.92 Å². The number of rotatable bonds is 4. The van der Waals surface area contributed by atoms with Crippen LogP contribution in [0.5, 0.6) is 0 Å². The minimum atomic E-state index is 0.174. The predicted octanol–water partition coefficient (Wildman–Crippen LogP) is 3.97. The number of hydrogen-bond donors (Lipinski definition) is 1. The van der Waals surface area contributed by atoms with Crippen LogP contribution in [0.3, 0.4) is 0 Å². The number of nitrogens with one attached hydrogen (secondary N) is 1. The Balaban J connectivity index is 1.31. The zero-order valence-electron chi connectivity index (χ0n) is 14.2. The second-order valence-electron chi connectivity index (χ2n) is 7.99. The molecule has 1 aromatic rings. The molecule has 1 heterocycles. The average Bonchev–Trinajstić information content (AvgIpc) is 3.20. The number of likely N-dealkylation sites (tertiary alicyclic amines) is 1. The zero-order chi connectivity index (χ0) is 16.5. The number of amides is 1. The lowest BCUT2D eigenvalue weighted by molar-refractivity contribution is -0.127. The van der Waals surface area contributed by atoms with E-state index in [9.17, 15) is 4.79 Å². The predicted molar refractivity (Wildman–Crippen MR) is 99.5 cm³/mol. The average molecular weight is 391 g/mol. The van der Waals surface area contributed by atoms with E-state index in [1.165, 1.54) is 31.2 Å². The van der Waals surface area contributed by atoms with Gasteiger partial charge in [0.05, 0.1) is 5.92 Å². The van der Waals surface area contributed by atoms with Crippen LogP contribution in [0, 0.1) is 17.8 Å². The Morgan fingerprint density at radius 1 is 1.17 bits per heavy atom. The fraction of sp³-hybridized carbons (Fsp3) is 0.650. The Morgan fingerprint density at radius 2 is 2.00 bits per heavy atom. The van der Waals surface area contributed by atoms with E-state index in [0.717, 1.165) is 48.8 Å². The highest BCUT2D eigenvalue weighted by molar-refractivity contribution is 9.10. The van der Waals surface area contributed by atoms with Gasteiger partial charge in [0.2, 0.25) is 5.91 Å². The van der Waals surface area contributed by atoms with Crippen molar-refractivity contribution >= 4 is 21.8 Å². The van der Waals surface area contributed by atoms with Crippen LogP contribution < -0.4 is 5.32 Å². The summed E-state index contributed by atoms with van der Waals surface area (Å²) in [4.78, 5) is 15.2. The Labute approximate surface area is 153 Å². The van der Waals surface area contributed by atoms with Crippen molar-refractivity contribution in [2.45, 2.75) is 51.1 Å².